The molecule has 4 aromatic rings. The van der Waals surface area contributed by atoms with Gasteiger partial charge < -0.3 is 31.9 Å². The first kappa shape index (κ1) is 29.0. The number of carbonyl (C=O) groups is 1. The number of nitrogens with one attached hydrogen (secondary N) is 10. The molecule has 42 heavy (non-hydrogen) atoms. The van der Waals surface area contributed by atoms with Gasteiger partial charge in [-0.25, -0.2) is 4.79 Å². The van der Waals surface area contributed by atoms with E-state index in [0.29, 0.717) is 34.2 Å². The summed E-state index contributed by atoms with van der Waals surface area (Å²) < 4.78 is 0. The maximum atomic E-state index is 12.5. The van der Waals surface area contributed by atoms with Crippen LogP contribution in [0.1, 0.15) is 22.3 Å². The second-order valence-corrected chi connectivity index (χ2v) is 9.14. The molecule has 0 atom stereocenters. The summed E-state index contributed by atoms with van der Waals surface area (Å²) >= 11 is 0. The topological polar surface area (TPSA) is 185 Å². The van der Waals surface area contributed by atoms with E-state index in [9.17, 15) is 4.79 Å². The van der Waals surface area contributed by atoms with Crippen LogP contribution in [0.5, 0.6) is 0 Å². The molecule has 0 saturated heterocycles. The average molecular weight is 561 g/mol. The van der Waals surface area contributed by atoms with Gasteiger partial charge in [-0.1, -0.05) is 0 Å². The van der Waals surface area contributed by atoms with Gasteiger partial charge in [-0.2, -0.15) is 0 Å². The van der Waals surface area contributed by atoms with Crippen LogP contribution in [0.3, 0.4) is 0 Å². The molecule has 0 aliphatic heterocycles. The number of amidine groups is 4. The molecule has 0 unspecified atom stereocenters. The molecule has 0 aliphatic rings. The van der Waals surface area contributed by atoms with E-state index in [2.05, 4.69) is 31.9 Å². The zero-order valence-electron chi connectivity index (χ0n) is 23.1. The third-order valence-corrected chi connectivity index (χ3v) is 6.25. The highest BCUT2D eigenvalue weighted by Crippen LogP contribution is 2.16. The van der Waals surface area contributed by atoms with Crippen molar-refractivity contribution in [2.45, 2.75) is 0 Å². The molecular weight excluding hydrogens is 528 g/mol. The first-order chi connectivity index (χ1) is 20.2. The van der Waals surface area contributed by atoms with Gasteiger partial charge in [0, 0.05) is 59.1 Å². The Kier molecular flexibility index (Phi) is 9.26. The molecule has 0 heterocycles. The fourth-order valence-corrected chi connectivity index (χ4v) is 3.90. The van der Waals surface area contributed by atoms with E-state index >= 15 is 0 Å². The molecule has 0 aromatic heterocycles. The summed E-state index contributed by atoms with van der Waals surface area (Å²) in [5, 5.41) is 49.5. The summed E-state index contributed by atoms with van der Waals surface area (Å²) in [7, 11) is 3.39. The molecule has 11 heteroatoms. The Morgan fingerprint density at radius 3 is 0.905 bits per heavy atom. The number of hydrogen-bond acceptors (Lipinski definition) is 5. The Labute approximate surface area is 243 Å². The Morgan fingerprint density at radius 2 is 0.643 bits per heavy atom. The first-order valence-electron chi connectivity index (χ1n) is 13.0. The van der Waals surface area contributed by atoms with Gasteiger partial charge in [-0.3, -0.25) is 21.6 Å². The first-order valence-corrected chi connectivity index (χ1v) is 13.0. The Bertz CT molecular complexity index is 1470. The number of hydrogen-bond donors (Lipinski definition) is 10. The summed E-state index contributed by atoms with van der Waals surface area (Å²) in [6, 6.07) is 27.8. The van der Waals surface area contributed by atoms with Crippen LogP contribution >= 0.6 is 0 Å². The minimum atomic E-state index is -0.420. The van der Waals surface area contributed by atoms with Gasteiger partial charge >= 0.3 is 6.03 Å². The minimum Gasteiger partial charge on any atom is -0.373 e. The lowest BCUT2D eigenvalue weighted by molar-refractivity contribution is 0.262. The number of anilines is 4. The van der Waals surface area contributed by atoms with Crippen LogP contribution in [0.25, 0.3) is 0 Å². The normalized spacial score (nSPS) is 10.1. The van der Waals surface area contributed by atoms with Crippen LogP contribution in [0.2, 0.25) is 0 Å². The molecule has 0 spiro atoms. The highest BCUT2D eigenvalue weighted by Gasteiger charge is 2.08. The van der Waals surface area contributed by atoms with Crippen molar-refractivity contribution in [3.8, 4) is 0 Å². The Morgan fingerprint density at radius 1 is 0.405 bits per heavy atom. The molecule has 11 nitrogen and oxygen atoms in total. The van der Waals surface area contributed by atoms with Gasteiger partial charge in [0.2, 0.25) is 0 Å². The molecule has 10 N–H and O–H groups in total. The fraction of sp³-hybridized carbons (Fsp3) is 0.0645. The van der Waals surface area contributed by atoms with Gasteiger partial charge in [0.25, 0.3) is 0 Å². The predicted molar refractivity (Wildman–Crippen MR) is 171 cm³/mol. The van der Waals surface area contributed by atoms with E-state index in [1.165, 1.54) is 0 Å². The van der Waals surface area contributed by atoms with E-state index in [1.807, 2.05) is 0 Å². The van der Waals surface area contributed by atoms with Crippen molar-refractivity contribution < 1.29 is 4.79 Å². The van der Waals surface area contributed by atoms with Crippen LogP contribution < -0.4 is 31.9 Å². The van der Waals surface area contributed by atoms with Crippen LogP contribution in [-0.2, 0) is 0 Å². The zero-order valence-corrected chi connectivity index (χ0v) is 23.1. The molecule has 212 valence electrons. The second-order valence-electron chi connectivity index (χ2n) is 9.14. The highest BCUT2D eigenvalue weighted by atomic mass is 16.2. The number of carbonyl (C=O) groups excluding carboxylic acids is 1. The SMILES string of the molecule is CNC(=N)c1ccc(NC(=N)c2ccc(NC(=O)Nc3ccc(C(=N)Nc4ccc(C(=N)NC)cc4)cc3)cc2)cc1. The summed E-state index contributed by atoms with van der Waals surface area (Å²) in [5.74, 6) is 1.05. The lowest BCUT2D eigenvalue weighted by Gasteiger charge is -2.12. The van der Waals surface area contributed by atoms with Crippen molar-refractivity contribution in [2.75, 3.05) is 35.4 Å². The van der Waals surface area contributed by atoms with Crippen LogP contribution in [0, 0.1) is 21.6 Å². The summed E-state index contributed by atoms with van der Waals surface area (Å²) in [4.78, 5) is 12.5. The summed E-state index contributed by atoms with van der Waals surface area (Å²) in [6.07, 6.45) is 0. The standard InChI is InChI=1S/C31H32N10O/c1-36-27(32)19-3-11-23(12-4-19)38-29(34)21-7-15-25(16-8-21)40-31(42)41-26-17-9-22(10-18-26)30(35)39-24-13-5-20(6-14-24)28(33)37-2/h3-18H,1-2H3,(H2,32,36)(H2,33,37)(H2,34,38)(H2,35,39)(H2,40,41,42). The van der Waals surface area contributed by atoms with Crippen molar-refractivity contribution >= 4 is 52.1 Å². The highest BCUT2D eigenvalue weighted by molar-refractivity contribution is 6.08. The maximum absolute atomic E-state index is 12.5. The van der Waals surface area contributed by atoms with Gasteiger partial charge in [-0.15, -0.1) is 0 Å². The molecule has 2 amide bonds. The lowest BCUT2D eigenvalue weighted by Crippen LogP contribution is -2.20. The minimum absolute atomic E-state index is 0.203. The van der Waals surface area contributed by atoms with Crippen molar-refractivity contribution in [1.29, 1.82) is 21.6 Å². The summed E-state index contributed by atoms with van der Waals surface area (Å²) in [5.41, 5.74) is 5.39. The number of rotatable bonds is 8. The molecule has 4 aromatic carbocycles. The zero-order chi connectivity index (χ0) is 30.1. The van der Waals surface area contributed by atoms with Crippen molar-refractivity contribution in [3.05, 3.63) is 119 Å². The van der Waals surface area contributed by atoms with E-state index < -0.39 is 6.03 Å². The van der Waals surface area contributed by atoms with Gasteiger partial charge in [0.1, 0.15) is 23.3 Å². The van der Waals surface area contributed by atoms with Gasteiger partial charge in [0.05, 0.1) is 0 Å². The van der Waals surface area contributed by atoms with E-state index in [-0.39, 0.29) is 11.7 Å². The predicted octanol–water partition coefficient (Wildman–Crippen LogP) is 5.30. The summed E-state index contributed by atoms with van der Waals surface area (Å²) in [6.45, 7) is 0. The lowest BCUT2D eigenvalue weighted by atomic mass is 10.1. The molecule has 4 rings (SSSR count). The molecule has 0 fully saturated rings. The van der Waals surface area contributed by atoms with E-state index in [1.54, 1.807) is 111 Å². The van der Waals surface area contributed by atoms with Crippen molar-refractivity contribution in [2.24, 2.45) is 0 Å². The van der Waals surface area contributed by atoms with E-state index in [0.717, 1.165) is 22.5 Å². The molecule has 0 radical (unpaired) electrons. The number of amides is 2. The second kappa shape index (κ2) is 13.4. The van der Waals surface area contributed by atoms with Crippen molar-refractivity contribution in [1.82, 2.24) is 10.6 Å². The van der Waals surface area contributed by atoms with Gasteiger partial charge in [-0.05, 0) is 97.1 Å². The quantitative estimate of drug-likeness (QED) is 0.103. The largest absolute Gasteiger partial charge is 0.373 e. The molecular formula is C31H32N10O. The maximum Gasteiger partial charge on any atom is 0.323 e. The monoisotopic (exact) mass is 560 g/mol. The van der Waals surface area contributed by atoms with Crippen LogP contribution in [-0.4, -0.2) is 43.5 Å². The van der Waals surface area contributed by atoms with Crippen LogP contribution in [0.4, 0.5) is 27.5 Å². The average Bonchev–Trinajstić information content (AvgIpc) is 3.01. The Hall–Kier alpha value is -5.97. The molecule has 0 bridgehead atoms. The smallest absolute Gasteiger partial charge is 0.323 e. The molecule has 0 saturated carbocycles. The number of urea groups is 1. The van der Waals surface area contributed by atoms with Crippen LogP contribution in [0.15, 0.2) is 97.1 Å². The van der Waals surface area contributed by atoms with Crippen molar-refractivity contribution in [3.63, 3.8) is 0 Å². The van der Waals surface area contributed by atoms with Gasteiger partial charge in [0.15, 0.2) is 0 Å². The third kappa shape index (κ3) is 7.57. The van der Waals surface area contributed by atoms with E-state index in [4.69, 9.17) is 21.6 Å². The number of benzene rings is 4. The molecule has 0 aliphatic carbocycles. The Balaban J connectivity index is 1.27. The fourth-order valence-electron chi connectivity index (χ4n) is 3.90. The third-order valence-electron chi connectivity index (χ3n) is 6.25.